The number of anilines is 1. The second-order valence-electron chi connectivity index (χ2n) is 6.58. The molecule has 1 aliphatic carbocycles. The molecule has 5 nitrogen and oxygen atoms in total. The molecular formula is C21H18FN3O2. The average molecular weight is 363 g/mol. The Kier molecular flexibility index (Phi) is 4.32. The van der Waals surface area contributed by atoms with E-state index in [0.29, 0.717) is 22.6 Å². The van der Waals surface area contributed by atoms with Gasteiger partial charge in [-0.15, -0.1) is 0 Å². The van der Waals surface area contributed by atoms with E-state index >= 15 is 0 Å². The highest BCUT2D eigenvalue weighted by Gasteiger charge is 2.27. The molecule has 0 bridgehead atoms. The molecule has 0 atom stereocenters. The van der Waals surface area contributed by atoms with Crippen LogP contribution in [0.2, 0.25) is 0 Å². The molecule has 0 spiro atoms. The first-order valence-electron chi connectivity index (χ1n) is 8.82. The fraction of sp³-hybridized carbons (Fsp3) is 0.190. The summed E-state index contributed by atoms with van der Waals surface area (Å²) in [5, 5.41) is 7.22. The number of Topliss-reactive ketones (excluding diaryl/α,β-unsaturated/α-hetero) is 1. The van der Waals surface area contributed by atoms with Gasteiger partial charge in [-0.2, -0.15) is 5.10 Å². The summed E-state index contributed by atoms with van der Waals surface area (Å²) < 4.78 is 15.8. The standard InChI is InChI=1S/C21H18FN3O2/c1-13(26)14-6-4-7-15(12-14)23-21(27)20-16-8-5-11-18(16)25(24-20)19-10-3-2-9-17(19)22/h2-4,6-7,9-10,12H,5,8,11H2,1H3,(H,23,27). The monoisotopic (exact) mass is 363 g/mol. The number of carbonyl (C=O) groups is 2. The van der Waals surface area contributed by atoms with Gasteiger partial charge in [0, 0.05) is 22.5 Å². The van der Waals surface area contributed by atoms with Gasteiger partial charge in [0.1, 0.15) is 11.5 Å². The lowest BCUT2D eigenvalue weighted by molar-refractivity contribution is 0.100. The highest BCUT2D eigenvalue weighted by Crippen LogP contribution is 2.29. The summed E-state index contributed by atoms with van der Waals surface area (Å²) in [7, 11) is 0. The number of fused-ring (bicyclic) bond motifs is 1. The number of aromatic nitrogens is 2. The summed E-state index contributed by atoms with van der Waals surface area (Å²) >= 11 is 0. The van der Waals surface area contributed by atoms with Gasteiger partial charge in [0.25, 0.3) is 5.91 Å². The maximum Gasteiger partial charge on any atom is 0.276 e. The van der Waals surface area contributed by atoms with E-state index in [0.717, 1.165) is 30.5 Å². The van der Waals surface area contributed by atoms with Gasteiger partial charge in [-0.25, -0.2) is 9.07 Å². The van der Waals surface area contributed by atoms with Crippen LogP contribution in [0.5, 0.6) is 0 Å². The molecule has 4 rings (SSSR count). The molecule has 1 amide bonds. The Hall–Kier alpha value is -3.28. The molecule has 27 heavy (non-hydrogen) atoms. The maximum absolute atomic E-state index is 14.2. The Morgan fingerprint density at radius 3 is 2.70 bits per heavy atom. The normalized spacial score (nSPS) is 12.7. The minimum absolute atomic E-state index is 0.0733. The zero-order valence-corrected chi connectivity index (χ0v) is 14.8. The molecule has 0 saturated heterocycles. The molecule has 0 fully saturated rings. The van der Waals surface area contributed by atoms with E-state index in [4.69, 9.17) is 0 Å². The van der Waals surface area contributed by atoms with Crippen LogP contribution in [0.3, 0.4) is 0 Å². The minimum Gasteiger partial charge on any atom is -0.321 e. The summed E-state index contributed by atoms with van der Waals surface area (Å²) in [4.78, 5) is 24.4. The number of benzene rings is 2. The van der Waals surface area contributed by atoms with Gasteiger partial charge < -0.3 is 5.32 Å². The number of rotatable bonds is 4. The number of ketones is 1. The number of hydrogen-bond acceptors (Lipinski definition) is 3. The number of carbonyl (C=O) groups excluding carboxylic acids is 2. The van der Waals surface area contributed by atoms with Gasteiger partial charge in [0.15, 0.2) is 11.5 Å². The third-order valence-electron chi connectivity index (χ3n) is 4.75. The molecule has 1 aromatic heterocycles. The Labute approximate surface area is 155 Å². The van der Waals surface area contributed by atoms with Crippen molar-refractivity contribution in [1.82, 2.24) is 9.78 Å². The average Bonchev–Trinajstić information content (AvgIpc) is 3.25. The van der Waals surface area contributed by atoms with E-state index < -0.39 is 0 Å². The lowest BCUT2D eigenvalue weighted by Gasteiger charge is -2.07. The van der Waals surface area contributed by atoms with Crippen LogP contribution in [-0.4, -0.2) is 21.5 Å². The van der Waals surface area contributed by atoms with Crippen LogP contribution in [0.4, 0.5) is 10.1 Å². The van der Waals surface area contributed by atoms with Gasteiger partial charge in [-0.3, -0.25) is 9.59 Å². The van der Waals surface area contributed by atoms with Crippen molar-refractivity contribution in [2.24, 2.45) is 0 Å². The number of para-hydroxylation sites is 1. The van der Waals surface area contributed by atoms with Gasteiger partial charge in [-0.05, 0) is 50.5 Å². The number of nitrogens with zero attached hydrogens (tertiary/aromatic N) is 2. The number of nitrogens with one attached hydrogen (secondary N) is 1. The van der Waals surface area contributed by atoms with Crippen LogP contribution < -0.4 is 5.32 Å². The fourth-order valence-corrected chi connectivity index (χ4v) is 3.45. The summed E-state index contributed by atoms with van der Waals surface area (Å²) in [6.07, 6.45) is 2.39. The maximum atomic E-state index is 14.2. The van der Waals surface area contributed by atoms with Crippen molar-refractivity contribution in [3.8, 4) is 5.69 Å². The van der Waals surface area contributed by atoms with E-state index in [-0.39, 0.29) is 17.5 Å². The van der Waals surface area contributed by atoms with Crippen LogP contribution in [0, 0.1) is 5.82 Å². The Morgan fingerprint density at radius 1 is 1.11 bits per heavy atom. The van der Waals surface area contributed by atoms with Crippen LogP contribution in [0.1, 0.15) is 45.4 Å². The van der Waals surface area contributed by atoms with E-state index in [1.165, 1.54) is 13.0 Å². The zero-order chi connectivity index (χ0) is 19.0. The third-order valence-corrected chi connectivity index (χ3v) is 4.75. The Bertz CT molecular complexity index is 1060. The van der Waals surface area contributed by atoms with Crippen molar-refractivity contribution in [2.45, 2.75) is 26.2 Å². The van der Waals surface area contributed by atoms with Gasteiger partial charge in [-0.1, -0.05) is 24.3 Å². The van der Waals surface area contributed by atoms with E-state index in [2.05, 4.69) is 10.4 Å². The second kappa shape index (κ2) is 6.79. The molecule has 0 saturated carbocycles. The van der Waals surface area contributed by atoms with E-state index in [9.17, 15) is 14.0 Å². The quantitative estimate of drug-likeness (QED) is 0.714. The summed E-state index contributed by atoms with van der Waals surface area (Å²) in [6, 6.07) is 13.2. The fourth-order valence-electron chi connectivity index (χ4n) is 3.45. The van der Waals surface area contributed by atoms with E-state index in [1.54, 1.807) is 47.1 Å². The highest BCUT2D eigenvalue weighted by atomic mass is 19.1. The summed E-state index contributed by atoms with van der Waals surface area (Å²) in [6.45, 7) is 1.48. The Morgan fingerprint density at radius 2 is 1.93 bits per heavy atom. The largest absolute Gasteiger partial charge is 0.321 e. The first kappa shape index (κ1) is 17.1. The smallest absolute Gasteiger partial charge is 0.276 e. The van der Waals surface area contributed by atoms with Crippen LogP contribution in [-0.2, 0) is 12.8 Å². The van der Waals surface area contributed by atoms with Crippen molar-refractivity contribution in [2.75, 3.05) is 5.32 Å². The van der Waals surface area contributed by atoms with Crippen LogP contribution >= 0.6 is 0 Å². The second-order valence-corrected chi connectivity index (χ2v) is 6.58. The van der Waals surface area contributed by atoms with Crippen LogP contribution in [0.25, 0.3) is 5.69 Å². The minimum atomic E-state index is -0.379. The molecule has 6 heteroatoms. The number of hydrogen-bond donors (Lipinski definition) is 1. The Balaban J connectivity index is 1.70. The van der Waals surface area contributed by atoms with Gasteiger partial charge in [0.2, 0.25) is 0 Å². The highest BCUT2D eigenvalue weighted by molar-refractivity contribution is 6.05. The zero-order valence-electron chi connectivity index (χ0n) is 14.8. The van der Waals surface area contributed by atoms with Crippen molar-refractivity contribution in [1.29, 1.82) is 0 Å². The predicted octanol–water partition coefficient (Wildman–Crippen LogP) is 3.96. The van der Waals surface area contributed by atoms with Crippen molar-refractivity contribution >= 4 is 17.4 Å². The van der Waals surface area contributed by atoms with Gasteiger partial charge in [0.05, 0.1) is 0 Å². The molecule has 2 aromatic carbocycles. The molecule has 136 valence electrons. The first-order chi connectivity index (χ1) is 13.0. The molecule has 0 aliphatic heterocycles. The van der Waals surface area contributed by atoms with Gasteiger partial charge >= 0.3 is 0 Å². The first-order valence-corrected chi connectivity index (χ1v) is 8.82. The SMILES string of the molecule is CC(=O)c1cccc(NC(=O)c2nn(-c3ccccc3F)c3c2CCC3)c1. The number of amides is 1. The molecule has 1 heterocycles. The molecule has 0 unspecified atom stereocenters. The summed E-state index contributed by atoms with van der Waals surface area (Å²) in [5.74, 6) is -0.810. The molecule has 3 aromatic rings. The van der Waals surface area contributed by atoms with Crippen molar-refractivity contribution in [3.05, 3.63) is 76.9 Å². The molecule has 1 aliphatic rings. The predicted molar refractivity (Wildman–Crippen MR) is 99.9 cm³/mol. The van der Waals surface area contributed by atoms with Crippen molar-refractivity contribution in [3.63, 3.8) is 0 Å². The lowest BCUT2D eigenvalue weighted by atomic mass is 10.1. The molecular weight excluding hydrogens is 345 g/mol. The third kappa shape index (κ3) is 3.14. The lowest BCUT2D eigenvalue weighted by Crippen LogP contribution is -2.15. The van der Waals surface area contributed by atoms with Crippen molar-refractivity contribution < 1.29 is 14.0 Å². The molecule has 0 radical (unpaired) electrons. The number of halogens is 1. The van der Waals surface area contributed by atoms with Crippen LogP contribution in [0.15, 0.2) is 48.5 Å². The van der Waals surface area contributed by atoms with E-state index in [1.807, 2.05) is 0 Å². The molecule has 1 N–H and O–H groups in total. The topological polar surface area (TPSA) is 64.0 Å². The summed E-state index contributed by atoms with van der Waals surface area (Å²) in [5.41, 5.74) is 3.43.